The van der Waals surface area contributed by atoms with Crippen LogP contribution in [0.15, 0.2) is 65.2 Å². The van der Waals surface area contributed by atoms with Crippen molar-refractivity contribution < 1.29 is 23.6 Å². The van der Waals surface area contributed by atoms with Gasteiger partial charge in [-0.05, 0) is 98.9 Å². The molecule has 0 bridgehead atoms. The normalized spacial score (nSPS) is 13.3. The van der Waals surface area contributed by atoms with E-state index in [1.165, 1.54) is 0 Å². The van der Waals surface area contributed by atoms with Gasteiger partial charge in [0.15, 0.2) is 11.5 Å². The van der Waals surface area contributed by atoms with Gasteiger partial charge in [0.1, 0.15) is 18.0 Å². The highest BCUT2D eigenvalue weighted by Gasteiger charge is 2.29. The highest BCUT2D eigenvalue weighted by Crippen LogP contribution is 2.43. The molecular weight excluding hydrogens is 578 g/mol. The number of amides is 2. The van der Waals surface area contributed by atoms with Crippen molar-refractivity contribution in [2.75, 3.05) is 19.6 Å². The molecule has 0 fully saturated rings. The fraction of sp³-hybridized carbons (Fsp3) is 0.395. The molecule has 8 nitrogen and oxygen atoms in total. The molecule has 4 aromatic rings. The zero-order chi connectivity index (χ0) is 33.0. The van der Waals surface area contributed by atoms with Crippen LogP contribution in [0, 0.1) is 6.92 Å². The number of benzene rings is 3. The summed E-state index contributed by atoms with van der Waals surface area (Å²) < 4.78 is 18.2. The summed E-state index contributed by atoms with van der Waals surface area (Å²) in [6, 6.07) is 20.4. The topological polar surface area (TPSA) is 93.9 Å². The van der Waals surface area contributed by atoms with Crippen LogP contribution in [0.3, 0.4) is 0 Å². The van der Waals surface area contributed by atoms with Gasteiger partial charge in [-0.1, -0.05) is 67.5 Å². The molecule has 1 aliphatic heterocycles. The third-order valence-electron chi connectivity index (χ3n) is 8.17. The van der Waals surface area contributed by atoms with Crippen LogP contribution in [0.25, 0.3) is 22.5 Å². The Morgan fingerprint density at radius 2 is 1.72 bits per heavy atom. The molecule has 46 heavy (non-hydrogen) atoms. The second kappa shape index (κ2) is 13.8. The Balaban J connectivity index is 1.58. The fourth-order valence-electron chi connectivity index (χ4n) is 5.88. The van der Waals surface area contributed by atoms with Crippen molar-refractivity contribution in [1.29, 1.82) is 0 Å². The Morgan fingerprint density at radius 1 is 1.00 bits per heavy atom. The molecule has 0 radical (unpaired) electrons. The summed E-state index contributed by atoms with van der Waals surface area (Å²) in [5.41, 5.74) is 7.45. The van der Waals surface area contributed by atoms with Crippen LogP contribution in [0.5, 0.6) is 5.75 Å². The lowest BCUT2D eigenvalue weighted by atomic mass is 9.90. The second-order valence-electron chi connectivity index (χ2n) is 13.2. The Labute approximate surface area is 272 Å². The number of aromatic nitrogens is 1. The zero-order valence-corrected chi connectivity index (χ0v) is 28.0. The first-order valence-electron chi connectivity index (χ1n) is 16.1. The molecule has 242 valence electrons. The van der Waals surface area contributed by atoms with E-state index in [1.807, 2.05) is 70.2 Å². The predicted octanol–water partition coefficient (Wildman–Crippen LogP) is 8.10. The summed E-state index contributed by atoms with van der Waals surface area (Å²) >= 11 is 0. The molecular formula is C38H45N3O5. The van der Waals surface area contributed by atoms with Crippen molar-refractivity contribution in [3.8, 4) is 28.2 Å². The van der Waals surface area contributed by atoms with Crippen molar-refractivity contribution >= 4 is 12.0 Å². The summed E-state index contributed by atoms with van der Waals surface area (Å²) in [4.78, 5) is 28.0. The van der Waals surface area contributed by atoms with Gasteiger partial charge < -0.3 is 24.2 Å². The van der Waals surface area contributed by atoms with E-state index in [0.29, 0.717) is 56.2 Å². The van der Waals surface area contributed by atoms with Crippen molar-refractivity contribution in [2.45, 2.75) is 79.4 Å². The van der Waals surface area contributed by atoms with Gasteiger partial charge >= 0.3 is 6.09 Å². The molecule has 3 aromatic carbocycles. The Bertz CT molecular complexity index is 1700. The summed E-state index contributed by atoms with van der Waals surface area (Å²) in [6.45, 7) is 15.9. The van der Waals surface area contributed by atoms with E-state index >= 15 is 0 Å². The summed E-state index contributed by atoms with van der Waals surface area (Å²) in [5.74, 6) is 1.10. The molecule has 0 unspecified atom stereocenters. The van der Waals surface area contributed by atoms with Crippen molar-refractivity contribution in [1.82, 2.24) is 15.4 Å². The molecule has 0 saturated heterocycles. The van der Waals surface area contributed by atoms with Crippen LogP contribution in [0.2, 0.25) is 0 Å². The average molecular weight is 624 g/mol. The standard InChI is InChI=1S/C38H45N3O5/c1-8-39-36(42)34-33(29-15-14-27-16-18-41(19-17-28(27)21-29)37(43)45-38(5,6)7)35(46-40-34)31-22-30(24(2)3)25(4)20-32(31)44-23-26-12-10-9-11-13-26/h9-15,20-22,24H,8,16-19,23H2,1-7H3,(H,39,42). The van der Waals surface area contributed by atoms with E-state index in [9.17, 15) is 9.59 Å². The van der Waals surface area contributed by atoms with Crippen molar-refractivity contribution in [3.63, 3.8) is 0 Å². The highest BCUT2D eigenvalue weighted by molar-refractivity contribution is 6.02. The smallest absolute Gasteiger partial charge is 0.410 e. The number of hydrogen-bond acceptors (Lipinski definition) is 6. The van der Waals surface area contributed by atoms with Crippen LogP contribution >= 0.6 is 0 Å². The van der Waals surface area contributed by atoms with Crippen LogP contribution in [-0.2, 0) is 24.2 Å². The van der Waals surface area contributed by atoms with Crippen LogP contribution in [-0.4, -0.2) is 47.3 Å². The van der Waals surface area contributed by atoms with Gasteiger partial charge in [0, 0.05) is 19.6 Å². The molecule has 0 atom stereocenters. The fourth-order valence-corrected chi connectivity index (χ4v) is 5.88. The predicted molar refractivity (Wildman–Crippen MR) is 180 cm³/mol. The minimum Gasteiger partial charge on any atom is -0.488 e. The Morgan fingerprint density at radius 3 is 2.39 bits per heavy atom. The molecule has 0 spiro atoms. The average Bonchev–Trinajstić information content (AvgIpc) is 3.33. The number of rotatable bonds is 8. The van der Waals surface area contributed by atoms with E-state index in [0.717, 1.165) is 38.9 Å². The number of hydrogen-bond donors (Lipinski definition) is 1. The van der Waals surface area contributed by atoms with Crippen LogP contribution in [0.4, 0.5) is 4.79 Å². The number of carbonyl (C=O) groups is 2. The zero-order valence-electron chi connectivity index (χ0n) is 28.0. The van der Waals surface area contributed by atoms with Crippen molar-refractivity contribution in [3.05, 3.63) is 94.2 Å². The number of aryl methyl sites for hydroxylation is 1. The highest BCUT2D eigenvalue weighted by atomic mass is 16.6. The summed E-state index contributed by atoms with van der Waals surface area (Å²) in [5, 5.41) is 7.23. The lowest BCUT2D eigenvalue weighted by Crippen LogP contribution is -2.38. The molecule has 0 saturated carbocycles. The van der Waals surface area contributed by atoms with Crippen molar-refractivity contribution in [2.24, 2.45) is 0 Å². The van der Waals surface area contributed by atoms with Gasteiger partial charge in [0.2, 0.25) is 0 Å². The number of ether oxygens (including phenoxy) is 2. The van der Waals surface area contributed by atoms with Gasteiger partial charge in [-0.2, -0.15) is 0 Å². The summed E-state index contributed by atoms with van der Waals surface area (Å²) in [6.07, 6.45) is 1.07. The van der Waals surface area contributed by atoms with E-state index < -0.39 is 5.60 Å². The minimum absolute atomic E-state index is 0.224. The van der Waals surface area contributed by atoms with E-state index in [-0.39, 0.29) is 23.6 Å². The van der Waals surface area contributed by atoms with E-state index in [2.05, 4.69) is 49.4 Å². The maximum atomic E-state index is 13.4. The third-order valence-corrected chi connectivity index (χ3v) is 8.17. The molecule has 5 rings (SSSR count). The second-order valence-corrected chi connectivity index (χ2v) is 13.2. The molecule has 1 N–H and O–H groups in total. The SMILES string of the molecule is CCNC(=O)c1noc(-c2cc(C(C)C)c(C)cc2OCc2ccccc2)c1-c1ccc2c(c1)CCN(C(=O)OC(C)(C)C)CC2. The van der Waals surface area contributed by atoms with Gasteiger partial charge in [0.25, 0.3) is 5.91 Å². The molecule has 0 aliphatic carbocycles. The molecule has 2 heterocycles. The molecule has 1 aliphatic rings. The minimum atomic E-state index is -0.557. The van der Waals surface area contributed by atoms with Crippen LogP contribution < -0.4 is 10.1 Å². The number of nitrogens with one attached hydrogen (secondary N) is 1. The molecule has 2 amide bonds. The van der Waals surface area contributed by atoms with E-state index in [4.69, 9.17) is 14.0 Å². The van der Waals surface area contributed by atoms with Gasteiger partial charge in [-0.25, -0.2) is 4.79 Å². The van der Waals surface area contributed by atoms with Crippen LogP contribution in [0.1, 0.15) is 85.8 Å². The monoisotopic (exact) mass is 623 g/mol. The Kier molecular flexibility index (Phi) is 9.85. The van der Waals surface area contributed by atoms with Gasteiger partial charge in [-0.3, -0.25) is 4.79 Å². The maximum absolute atomic E-state index is 13.4. The van der Waals surface area contributed by atoms with Gasteiger partial charge in [0.05, 0.1) is 11.1 Å². The summed E-state index contributed by atoms with van der Waals surface area (Å²) in [7, 11) is 0. The number of nitrogens with zero attached hydrogens (tertiary/aromatic N) is 2. The van der Waals surface area contributed by atoms with Gasteiger partial charge in [-0.15, -0.1) is 0 Å². The lowest BCUT2D eigenvalue weighted by Gasteiger charge is -2.26. The van der Waals surface area contributed by atoms with E-state index in [1.54, 1.807) is 4.90 Å². The number of fused-ring (bicyclic) bond motifs is 1. The molecule has 1 aromatic heterocycles. The number of carbonyl (C=O) groups excluding carboxylic acids is 2. The maximum Gasteiger partial charge on any atom is 0.410 e. The quantitative estimate of drug-likeness (QED) is 0.213. The molecule has 8 heteroatoms. The Hall–Kier alpha value is -4.59. The first-order chi connectivity index (χ1) is 21.9. The first-order valence-corrected chi connectivity index (χ1v) is 16.1. The lowest BCUT2D eigenvalue weighted by molar-refractivity contribution is 0.0258. The first kappa shape index (κ1) is 32.8. The third kappa shape index (κ3) is 7.44. The largest absolute Gasteiger partial charge is 0.488 e.